The van der Waals surface area contributed by atoms with E-state index in [1.165, 1.54) is 0 Å². The Bertz CT molecular complexity index is 1550. The first-order chi connectivity index (χ1) is 15.4. The number of hydrogen-bond donors (Lipinski definition) is 1. The second kappa shape index (κ2) is 7.69. The summed E-state index contributed by atoms with van der Waals surface area (Å²) < 4.78 is 12.7. The predicted octanol–water partition coefficient (Wildman–Crippen LogP) is 5.51. The number of hydrogen-bond acceptors (Lipinski definition) is 5. The molecule has 9 heteroatoms. The SMILES string of the molecule is COc1cc2c(cc1-c1c(C)noc1C)ncc1[nH]c(=O)n(Cc3ccc(Cl)c(Cl)c3)c12. The first kappa shape index (κ1) is 20.6. The Morgan fingerprint density at radius 1 is 1.16 bits per heavy atom. The summed E-state index contributed by atoms with van der Waals surface area (Å²) in [5.74, 6) is 1.33. The van der Waals surface area contributed by atoms with Gasteiger partial charge in [-0.2, -0.15) is 0 Å². The number of nitrogens with one attached hydrogen (secondary N) is 1. The Morgan fingerprint density at radius 2 is 1.97 bits per heavy atom. The summed E-state index contributed by atoms with van der Waals surface area (Å²) in [6.45, 7) is 4.06. The molecule has 0 spiro atoms. The van der Waals surface area contributed by atoms with E-state index in [2.05, 4.69) is 15.1 Å². The Labute approximate surface area is 192 Å². The molecule has 2 aromatic carbocycles. The standard InChI is InChI=1S/C23H18Cl2N4O3/c1-11-21(12(2)32-28-11)15-7-18-14(8-20(15)31-3)22-19(9-26-18)27-23(30)29(22)10-13-4-5-16(24)17(25)6-13/h4-9H,10H2,1-3H3,(H,27,30). The maximum Gasteiger partial charge on any atom is 0.326 e. The molecule has 3 heterocycles. The molecule has 0 amide bonds. The van der Waals surface area contributed by atoms with Crippen LogP contribution in [0.5, 0.6) is 5.75 Å². The van der Waals surface area contributed by atoms with Gasteiger partial charge in [0.05, 0.1) is 57.7 Å². The van der Waals surface area contributed by atoms with E-state index in [0.717, 1.165) is 38.8 Å². The molecule has 0 aliphatic carbocycles. The van der Waals surface area contributed by atoms with Gasteiger partial charge in [0.1, 0.15) is 11.5 Å². The largest absolute Gasteiger partial charge is 0.496 e. The number of imidazole rings is 1. The average Bonchev–Trinajstić information content (AvgIpc) is 3.27. The van der Waals surface area contributed by atoms with Gasteiger partial charge in [-0.25, -0.2) is 4.79 Å². The van der Waals surface area contributed by atoms with Crippen molar-refractivity contribution in [1.82, 2.24) is 19.7 Å². The molecule has 32 heavy (non-hydrogen) atoms. The number of aromatic nitrogens is 4. The van der Waals surface area contributed by atoms with E-state index in [1.54, 1.807) is 30.0 Å². The number of aromatic amines is 1. The summed E-state index contributed by atoms with van der Waals surface area (Å²) in [5.41, 5.74) is 5.16. The Morgan fingerprint density at radius 3 is 2.66 bits per heavy atom. The highest BCUT2D eigenvalue weighted by Crippen LogP contribution is 2.38. The number of halogens is 2. The zero-order chi connectivity index (χ0) is 22.6. The highest BCUT2D eigenvalue weighted by Gasteiger charge is 2.20. The lowest BCUT2D eigenvalue weighted by molar-refractivity contribution is 0.393. The Balaban J connectivity index is 1.75. The van der Waals surface area contributed by atoms with Crippen molar-refractivity contribution in [3.8, 4) is 16.9 Å². The van der Waals surface area contributed by atoms with Gasteiger partial charge in [-0.1, -0.05) is 34.4 Å². The monoisotopic (exact) mass is 468 g/mol. The topological polar surface area (TPSA) is 85.9 Å². The molecule has 1 N–H and O–H groups in total. The Hall–Kier alpha value is -3.29. The highest BCUT2D eigenvalue weighted by molar-refractivity contribution is 6.42. The normalized spacial score (nSPS) is 11.5. The lowest BCUT2D eigenvalue weighted by Crippen LogP contribution is -2.17. The first-order valence-corrected chi connectivity index (χ1v) is 10.6. The lowest BCUT2D eigenvalue weighted by Gasteiger charge is -2.12. The van der Waals surface area contributed by atoms with Gasteiger partial charge >= 0.3 is 5.69 Å². The molecule has 0 radical (unpaired) electrons. The van der Waals surface area contributed by atoms with Gasteiger partial charge in [0.15, 0.2) is 0 Å². The van der Waals surface area contributed by atoms with E-state index >= 15 is 0 Å². The van der Waals surface area contributed by atoms with Crippen molar-refractivity contribution in [3.05, 3.63) is 74.1 Å². The molecule has 7 nitrogen and oxygen atoms in total. The van der Waals surface area contributed by atoms with E-state index in [9.17, 15) is 4.79 Å². The van der Waals surface area contributed by atoms with E-state index in [0.29, 0.717) is 33.6 Å². The van der Waals surface area contributed by atoms with E-state index in [-0.39, 0.29) is 5.69 Å². The zero-order valence-corrected chi connectivity index (χ0v) is 19.0. The average molecular weight is 469 g/mol. The minimum Gasteiger partial charge on any atom is -0.496 e. The molecular formula is C23H18Cl2N4O3. The first-order valence-electron chi connectivity index (χ1n) is 9.83. The minimum atomic E-state index is -0.242. The summed E-state index contributed by atoms with van der Waals surface area (Å²) >= 11 is 12.2. The molecule has 0 bridgehead atoms. The molecule has 162 valence electrons. The van der Waals surface area contributed by atoms with Gasteiger partial charge in [0, 0.05) is 10.9 Å². The summed E-state index contributed by atoms with van der Waals surface area (Å²) in [5, 5.41) is 5.74. The molecule has 0 fully saturated rings. The number of benzene rings is 2. The molecule has 5 aromatic rings. The van der Waals surface area contributed by atoms with Crippen LogP contribution >= 0.6 is 23.2 Å². The van der Waals surface area contributed by atoms with Crippen molar-refractivity contribution < 1.29 is 9.26 Å². The van der Waals surface area contributed by atoms with E-state index in [4.69, 9.17) is 32.5 Å². The molecule has 5 rings (SSSR count). The van der Waals surface area contributed by atoms with Crippen LogP contribution in [0.2, 0.25) is 10.0 Å². The summed E-state index contributed by atoms with van der Waals surface area (Å²) in [6, 6.07) is 9.15. The van der Waals surface area contributed by atoms with Crippen molar-refractivity contribution in [3.63, 3.8) is 0 Å². The van der Waals surface area contributed by atoms with Crippen LogP contribution in [0.1, 0.15) is 17.0 Å². The fourth-order valence-electron chi connectivity index (χ4n) is 4.07. The number of methoxy groups -OCH3 is 1. The predicted molar refractivity (Wildman–Crippen MR) is 125 cm³/mol. The van der Waals surface area contributed by atoms with Crippen LogP contribution in [-0.4, -0.2) is 26.8 Å². The van der Waals surface area contributed by atoms with Crippen LogP contribution in [0, 0.1) is 13.8 Å². The molecule has 0 unspecified atom stereocenters. The molecule has 0 atom stereocenters. The van der Waals surface area contributed by atoms with Crippen molar-refractivity contribution in [1.29, 1.82) is 0 Å². The molecule has 3 aromatic heterocycles. The van der Waals surface area contributed by atoms with Gasteiger partial charge in [0.2, 0.25) is 0 Å². The molecular weight excluding hydrogens is 451 g/mol. The molecule has 0 saturated heterocycles. The quantitative estimate of drug-likeness (QED) is 0.375. The minimum absolute atomic E-state index is 0.242. The van der Waals surface area contributed by atoms with Crippen LogP contribution in [0.15, 0.2) is 45.8 Å². The van der Waals surface area contributed by atoms with Crippen LogP contribution < -0.4 is 10.4 Å². The lowest BCUT2D eigenvalue weighted by atomic mass is 10.0. The van der Waals surface area contributed by atoms with Crippen molar-refractivity contribution in [2.75, 3.05) is 7.11 Å². The van der Waals surface area contributed by atoms with E-state index < -0.39 is 0 Å². The van der Waals surface area contributed by atoms with Gasteiger partial charge in [-0.15, -0.1) is 0 Å². The maximum atomic E-state index is 12.8. The van der Waals surface area contributed by atoms with Gasteiger partial charge in [-0.3, -0.25) is 9.55 Å². The van der Waals surface area contributed by atoms with Crippen molar-refractivity contribution >= 4 is 45.1 Å². The van der Waals surface area contributed by atoms with Gasteiger partial charge in [-0.05, 0) is 43.7 Å². The number of pyridine rings is 1. The second-order valence-corrected chi connectivity index (χ2v) is 8.37. The number of aryl methyl sites for hydroxylation is 2. The summed E-state index contributed by atoms with van der Waals surface area (Å²) in [4.78, 5) is 20.3. The van der Waals surface area contributed by atoms with Crippen LogP contribution in [-0.2, 0) is 6.54 Å². The van der Waals surface area contributed by atoms with Crippen LogP contribution in [0.4, 0.5) is 0 Å². The van der Waals surface area contributed by atoms with Crippen molar-refractivity contribution in [2.45, 2.75) is 20.4 Å². The van der Waals surface area contributed by atoms with Gasteiger partial charge in [0.25, 0.3) is 0 Å². The number of fused-ring (bicyclic) bond motifs is 3. The third-order valence-electron chi connectivity index (χ3n) is 5.54. The highest BCUT2D eigenvalue weighted by atomic mass is 35.5. The summed E-state index contributed by atoms with van der Waals surface area (Å²) in [7, 11) is 1.61. The molecule has 0 saturated carbocycles. The summed E-state index contributed by atoms with van der Waals surface area (Å²) in [6.07, 6.45) is 1.66. The third-order valence-corrected chi connectivity index (χ3v) is 6.28. The number of ether oxygens (including phenoxy) is 1. The van der Waals surface area contributed by atoms with Gasteiger partial charge < -0.3 is 14.2 Å². The maximum absolute atomic E-state index is 12.8. The fraction of sp³-hybridized carbons (Fsp3) is 0.174. The second-order valence-electron chi connectivity index (χ2n) is 7.55. The van der Waals surface area contributed by atoms with E-state index in [1.807, 2.05) is 32.0 Å². The van der Waals surface area contributed by atoms with Crippen LogP contribution in [0.3, 0.4) is 0 Å². The molecule has 0 aliphatic heterocycles. The zero-order valence-electron chi connectivity index (χ0n) is 17.5. The van der Waals surface area contributed by atoms with Crippen LogP contribution in [0.25, 0.3) is 33.1 Å². The fourth-order valence-corrected chi connectivity index (χ4v) is 4.40. The van der Waals surface area contributed by atoms with Crippen molar-refractivity contribution in [2.24, 2.45) is 0 Å². The smallest absolute Gasteiger partial charge is 0.326 e. The Kier molecular flexibility index (Phi) is 4.95. The number of nitrogens with zero attached hydrogens (tertiary/aromatic N) is 3. The molecule has 0 aliphatic rings. The third kappa shape index (κ3) is 3.25. The number of H-pyrrole nitrogens is 1. The number of rotatable bonds is 4.